The molecule has 0 unspecified atom stereocenters. The second-order valence-corrected chi connectivity index (χ2v) is 3.71. The van der Waals surface area contributed by atoms with Crippen LogP contribution in [0.2, 0.25) is 5.02 Å². The average Bonchev–Trinajstić information content (AvgIpc) is 2.03. The first-order valence-corrected chi connectivity index (χ1v) is 5.00. The van der Waals surface area contributed by atoms with Crippen molar-refractivity contribution in [3.05, 3.63) is 29.3 Å². The SMILES string of the molecule is CCCSc1[c]cccc1Cl. The van der Waals surface area contributed by atoms with E-state index in [-0.39, 0.29) is 0 Å². The molecule has 0 atom stereocenters. The molecule has 0 aliphatic heterocycles. The summed E-state index contributed by atoms with van der Waals surface area (Å²) in [5, 5.41) is 0.811. The fraction of sp³-hybridized carbons (Fsp3) is 0.333. The monoisotopic (exact) mass is 185 g/mol. The fourth-order valence-electron chi connectivity index (χ4n) is 0.716. The molecule has 11 heavy (non-hydrogen) atoms. The van der Waals surface area contributed by atoms with Crippen molar-refractivity contribution in [1.29, 1.82) is 0 Å². The molecule has 1 aromatic carbocycles. The molecule has 0 heterocycles. The van der Waals surface area contributed by atoms with Gasteiger partial charge in [0.25, 0.3) is 0 Å². The third kappa shape index (κ3) is 2.76. The third-order valence-corrected chi connectivity index (χ3v) is 2.89. The zero-order chi connectivity index (χ0) is 8.10. The van der Waals surface area contributed by atoms with Gasteiger partial charge in [0.15, 0.2) is 0 Å². The fourth-order valence-corrected chi connectivity index (χ4v) is 1.77. The molecular weight excluding hydrogens is 176 g/mol. The van der Waals surface area contributed by atoms with Crippen molar-refractivity contribution in [3.8, 4) is 0 Å². The second-order valence-electron chi connectivity index (χ2n) is 2.20. The Hall–Kier alpha value is -0.140. The van der Waals surface area contributed by atoms with Gasteiger partial charge >= 0.3 is 0 Å². The minimum Gasteiger partial charge on any atom is -0.124 e. The highest BCUT2D eigenvalue weighted by molar-refractivity contribution is 7.99. The van der Waals surface area contributed by atoms with Gasteiger partial charge in [-0.3, -0.25) is 0 Å². The summed E-state index contributed by atoms with van der Waals surface area (Å²) in [6, 6.07) is 8.80. The summed E-state index contributed by atoms with van der Waals surface area (Å²) in [6.07, 6.45) is 1.17. The number of thioether (sulfide) groups is 1. The summed E-state index contributed by atoms with van der Waals surface area (Å²) in [4.78, 5) is 1.07. The Labute approximate surface area is 77.0 Å². The first kappa shape index (κ1) is 8.95. The van der Waals surface area contributed by atoms with E-state index in [9.17, 15) is 0 Å². The van der Waals surface area contributed by atoms with E-state index < -0.39 is 0 Å². The summed E-state index contributed by atoms with van der Waals surface area (Å²) in [5.74, 6) is 1.11. The molecule has 0 bridgehead atoms. The molecular formula is C9H10ClS. The lowest BCUT2D eigenvalue weighted by Crippen LogP contribution is -1.76. The van der Waals surface area contributed by atoms with Gasteiger partial charge in [0.1, 0.15) is 0 Å². The number of hydrogen-bond donors (Lipinski definition) is 0. The van der Waals surface area contributed by atoms with Gasteiger partial charge in [-0.1, -0.05) is 30.7 Å². The van der Waals surface area contributed by atoms with Crippen molar-refractivity contribution in [2.24, 2.45) is 0 Å². The molecule has 59 valence electrons. The minimum absolute atomic E-state index is 0.811. The molecule has 0 spiro atoms. The van der Waals surface area contributed by atoms with Gasteiger partial charge in [0, 0.05) is 4.90 Å². The largest absolute Gasteiger partial charge is 0.124 e. The maximum Gasteiger partial charge on any atom is 0.0548 e. The molecule has 0 amide bonds. The first-order chi connectivity index (χ1) is 5.34. The molecule has 0 N–H and O–H groups in total. The molecule has 1 radical (unpaired) electrons. The van der Waals surface area contributed by atoms with E-state index in [2.05, 4.69) is 13.0 Å². The van der Waals surface area contributed by atoms with Crippen LogP contribution in [-0.4, -0.2) is 5.75 Å². The van der Waals surface area contributed by atoms with E-state index in [4.69, 9.17) is 11.6 Å². The van der Waals surface area contributed by atoms with Crippen LogP contribution in [0.4, 0.5) is 0 Å². The number of benzene rings is 1. The Morgan fingerprint density at radius 3 is 3.09 bits per heavy atom. The van der Waals surface area contributed by atoms with E-state index in [0.717, 1.165) is 15.7 Å². The standard InChI is InChI=1S/C9H10ClS/c1-2-7-11-9-6-4-3-5-8(9)10/h3-5H,2,7H2,1H3. The molecule has 0 aliphatic rings. The van der Waals surface area contributed by atoms with Crippen molar-refractivity contribution in [1.82, 2.24) is 0 Å². The normalized spacial score (nSPS) is 10.0. The Morgan fingerprint density at radius 1 is 1.64 bits per heavy atom. The average molecular weight is 186 g/mol. The van der Waals surface area contributed by atoms with Crippen LogP contribution in [0.15, 0.2) is 23.1 Å². The summed E-state index contributed by atoms with van der Waals surface area (Å²) >= 11 is 7.67. The molecule has 0 fully saturated rings. The zero-order valence-electron chi connectivity index (χ0n) is 6.43. The van der Waals surface area contributed by atoms with E-state index >= 15 is 0 Å². The lowest BCUT2D eigenvalue weighted by atomic mass is 10.4. The van der Waals surface area contributed by atoms with Gasteiger partial charge in [-0.25, -0.2) is 0 Å². The van der Waals surface area contributed by atoms with Crippen LogP contribution in [0.5, 0.6) is 0 Å². The van der Waals surface area contributed by atoms with E-state index in [1.165, 1.54) is 6.42 Å². The highest BCUT2D eigenvalue weighted by Crippen LogP contribution is 2.26. The predicted octanol–water partition coefficient (Wildman–Crippen LogP) is 3.64. The Balaban J connectivity index is 2.62. The quantitative estimate of drug-likeness (QED) is 0.648. The van der Waals surface area contributed by atoms with Gasteiger partial charge in [0.05, 0.1) is 5.02 Å². The lowest BCUT2D eigenvalue weighted by molar-refractivity contribution is 1.10. The van der Waals surface area contributed by atoms with Crippen molar-refractivity contribution in [2.45, 2.75) is 18.2 Å². The smallest absolute Gasteiger partial charge is 0.0548 e. The van der Waals surface area contributed by atoms with E-state index in [1.807, 2.05) is 18.2 Å². The molecule has 1 aromatic rings. The predicted molar refractivity (Wildman–Crippen MR) is 51.3 cm³/mol. The Bertz CT molecular complexity index is 223. The van der Waals surface area contributed by atoms with Crippen LogP contribution >= 0.6 is 23.4 Å². The third-order valence-electron chi connectivity index (χ3n) is 1.22. The molecule has 2 heteroatoms. The summed E-state index contributed by atoms with van der Waals surface area (Å²) in [6.45, 7) is 2.16. The molecule has 0 nitrogen and oxygen atoms in total. The molecule has 0 saturated heterocycles. The van der Waals surface area contributed by atoms with Crippen molar-refractivity contribution in [3.63, 3.8) is 0 Å². The first-order valence-electron chi connectivity index (χ1n) is 3.63. The van der Waals surface area contributed by atoms with Crippen LogP contribution in [-0.2, 0) is 0 Å². The van der Waals surface area contributed by atoms with Crippen LogP contribution in [0.3, 0.4) is 0 Å². The van der Waals surface area contributed by atoms with Gasteiger partial charge < -0.3 is 0 Å². The second kappa shape index (κ2) is 4.68. The number of halogens is 1. The molecule has 1 rings (SSSR count). The zero-order valence-corrected chi connectivity index (χ0v) is 8.00. The maximum absolute atomic E-state index is 5.91. The lowest BCUT2D eigenvalue weighted by Gasteiger charge is -1.99. The summed E-state index contributed by atoms with van der Waals surface area (Å²) in [5.41, 5.74) is 0. The summed E-state index contributed by atoms with van der Waals surface area (Å²) in [7, 11) is 0. The van der Waals surface area contributed by atoms with Crippen molar-refractivity contribution in [2.75, 3.05) is 5.75 Å². The molecule has 0 aromatic heterocycles. The van der Waals surface area contributed by atoms with Crippen LogP contribution in [0.25, 0.3) is 0 Å². The molecule has 0 saturated carbocycles. The van der Waals surface area contributed by atoms with Crippen molar-refractivity contribution < 1.29 is 0 Å². The van der Waals surface area contributed by atoms with Gasteiger partial charge in [0.2, 0.25) is 0 Å². The highest BCUT2D eigenvalue weighted by atomic mass is 35.5. The Kier molecular flexibility index (Phi) is 3.81. The van der Waals surface area contributed by atoms with Gasteiger partial charge in [-0.15, -0.1) is 11.8 Å². The van der Waals surface area contributed by atoms with E-state index in [0.29, 0.717) is 0 Å². The van der Waals surface area contributed by atoms with E-state index in [1.54, 1.807) is 11.8 Å². The highest BCUT2D eigenvalue weighted by Gasteiger charge is 1.97. The summed E-state index contributed by atoms with van der Waals surface area (Å²) < 4.78 is 0. The van der Waals surface area contributed by atoms with Crippen molar-refractivity contribution >= 4 is 23.4 Å². The van der Waals surface area contributed by atoms with Gasteiger partial charge in [-0.05, 0) is 24.3 Å². The minimum atomic E-state index is 0.811. The maximum atomic E-state index is 5.91. The van der Waals surface area contributed by atoms with Crippen LogP contribution < -0.4 is 0 Å². The Morgan fingerprint density at radius 2 is 2.45 bits per heavy atom. The number of rotatable bonds is 3. The van der Waals surface area contributed by atoms with Gasteiger partial charge in [-0.2, -0.15) is 0 Å². The van der Waals surface area contributed by atoms with Crippen LogP contribution in [0.1, 0.15) is 13.3 Å². The molecule has 0 aliphatic carbocycles. The number of hydrogen-bond acceptors (Lipinski definition) is 1. The van der Waals surface area contributed by atoms with Crippen LogP contribution in [0, 0.1) is 6.07 Å². The topological polar surface area (TPSA) is 0 Å².